The lowest BCUT2D eigenvalue weighted by Crippen LogP contribution is -2.32. The summed E-state index contributed by atoms with van der Waals surface area (Å²) in [7, 11) is 0. The molecule has 2 N–H and O–H groups in total. The van der Waals surface area contributed by atoms with E-state index >= 15 is 0 Å². The van der Waals surface area contributed by atoms with Gasteiger partial charge in [-0.1, -0.05) is 13.8 Å². The number of carbonyl (C=O) groups excluding carboxylic acids is 1. The number of aromatic amines is 1. The molecule has 0 radical (unpaired) electrons. The van der Waals surface area contributed by atoms with E-state index in [1.54, 1.807) is 6.92 Å². The molecular formula is C14H23N3O2. The highest BCUT2D eigenvalue weighted by molar-refractivity contribution is 5.93. The van der Waals surface area contributed by atoms with E-state index in [1.165, 1.54) is 12.3 Å². The Hall–Kier alpha value is -1.62. The fourth-order valence-electron chi connectivity index (χ4n) is 1.89. The van der Waals surface area contributed by atoms with E-state index < -0.39 is 0 Å². The first-order chi connectivity index (χ1) is 9.08. The molecule has 0 bridgehead atoms. The molecule has 0 unspecified atom stereocenters. The molecule has 0 aliphatic carbocycles. The van der Waals surface area contributed by atoms with Gasteiger partial charge < -0.3 is 15.2 Å². The molecule has 5 heteroatoms. The second kappa shape index (κ2) is 7.74. The number of nitrogens with one attached hydrogen (secondary N) is 2. The third-order valence-electron chi connectivity index (χ3n) is 3.13. The first-order valence-electron chi connectivity index (χ1n) is 6.78. The summed E-state index contributed by atoms with van der Waals surface area (Å²) in [5, 5.41) is 2.78. The van der Waals surface area contributed by atoms with Crippen LogP contribution in [-0.4, -0.2) is 42.0 Å². The van der Waals surface area contributed by atoms with Gasteiger partial charge >= 0.3 is 0 Å². The highest BCUT2D eigenvalue weighted by Crippen LogP contribution is 1.93. The van der Waals surface area contributed by atoms with Gasteiger partial charge in [0.05, 0.1) is 0 Å². The van der Waals surface area contributed by atoms with E-state index in [4.69, 9.17) is 0 Å². The highest BCUT2D eigenvalue weighted by atomic mass is 16.2. The summed E-state index contributed by atoms with van der Waals surface area (Å²) in [5.74, 6) is -0.305. The minimum absolute atomic E-state index is 0.174. The summed E-state index contributed by atoms with van der Waals surface area (Å²) in [6.45, 7) is 9.60. The third-order valence-corrected chi connectivity index (χ3v) is 3.13. The van der Waals surface area contributed by atoms with Gasteiger partial charge in [-0.2, -0.15) is 0 Å². The van der Waals surface area contributed by atoms with Crippen molar-refractivity contribution in [1.82, 2.24) is 15.2 Å². The van der Waals surface area contributed by atoms with Crippen LogP contribution in [0.1, 0.15) is 36.3 Å². The molecule has 1 aromatic heterocycles. The molecule has 0 atom stereocenters. The van der Waals surface area contributed by atoms with Crippen molar-refractivity contribution in [2.24, 2.45) is 0 Å². The van der Waals surface area contributed by atoms with Crippen LogP contribution >= 0.6 is 0 Å². The van der Waals surface area contributed by atoms with Crippen molar-refractivity contribution >= 4 is 5.91 Å². The van der Waals surface area contributed by atoms with Gasteiger partial charge in [-0.05, 0) is 33.0 Å². The van der Waals surface area contributed by atoms with Crippen LogP contribution in [0.25, 0.3) is 0 Å². The zero-order valence-corrected chi connectivity index (χ0v) is 12.0. The Labute approximate surface area is 114 Å². The molecule has 5 nitrogen and oxygen atoms in total. The number of amides is 1. The number of nitrogens with zero attached hydrogens (tertiary/aromatic N) is 1. The van der Waals surface area contributed by atoms with E-state index in [0.717, 1.165) is 31.7 Å². The summed E-state index contributed by atoms with van der Waals surface area (Å²) in [4.78, 5) is 28.6. The number of hydrogen-bond donors (Lipinski definition) is 2. The number of aromatic nitrogens is 1. The summed E-state index contributed by atoms with van der Waals surface area (Å²) in [6.07, 6.45) is 2.36. The van der Waals surface area contributed by atoms with Crippen molar-refractivity contribution in [3.05, 3.63) is 33.7 Å². The molecule has 1 aromatic rings. The standard InChI is InChI=1S/C14H23N3O2/c1-4-17(5-2)8-6-7-15-14(19)12-10-16-11(3)9-13(12)18/h9-10H,4-8H2,1-3H3,(H,15,19)(H,16,18). The first-order valence-corrected chi connectivity index (χ1v) is 6.78. The summed E-state index contributed by atoms with van der Waals surface area (Å²) in [6, 6.07) is 1.44. The Balaban J connectivity index is 2.41. The Bertz CT molecular complexity index is 464. The monoisotopic (exact) mass is 265 g/mol. The third kappa shape index (κ3) is 4.87. The molecule has 0 saturated heterocycles. The van der Waals surface area contributed by atoms with E-state index in [9.17, 15) is 9.59 Å². The van der Waals surface area contributed by atoms with Gasteiger partial charge in [-0.15, -0.1) is 0 Å². The van der Waals surface area contributed by atoms with Crippen LogP contribution in [0.4, 0.5) is 0 Å². The summed E-state index contributed by atoms with van der Waals surface area (Å²) >= 11 is 0. The topological polar surface area (TPSA) is 65.2 Å². The van der Waals surface area contributed by atoms with Crippen molar-refractivity contribution in [2.75, 3.05) is 26.2 Å². The molecule has 19 heavy (non-hydrogen) atoms. The molecule has 1 amide bonds. The second-order valence-electron chi connectivity index (χ2n) is 4.53. The molecular weight excluding hydrogens is 242 g/mol. The Morgan fingerprint density at radius 3 is 2.63 bits per heavy atom. The lowest BCUT2D eigenvalue weighted by molar-refractivity contribution is 0.0950. The van der Waals surface area contributed by atoms with Gasteiger partial charge in [0.1, 0.15) is 5.56 Å². The fourth-order valence-corrected chi connectivity index (χ4v) is 1.89. The van der Waals surface area contributed by atoms with Gasteiger partial charge in [0.25, 0.3) is 5.91 Å². The molecule has 0 aliphatic rings. The van der Waals surface area contributed by atoms with Crippen LogP contribution in [-0.2, 0) is 0 Å². The maximum Gasteiger partial charge on any atom is 0.256 e. The minimum Gasteiger partial charge on any atom is -0.364 e. The Morgan fingerprint density at radius 2 is 2.05 bits per heavy atom. The smallest absolute Gasteiger partial charge is 0.256 e. The molecule has 106 valence electrons. The lowest BCUT2D eigenvalue weighted by atomic mass is 10.2. The largest absolute Gasteiger partial charge is 0.364 e. The van der Waals surface area contributed by atoms with Gasteiger partial charge in [0.15, 0.2) is 5.43 Å². The number of pyridine rings is 1. The summed E-state index contributed by atoms with van der Waals surface area (Å²) in [5.41, 5.74) is 0.689. The molecule has 0 saturated carbocycles. The zero-order valence-electron chi connectivity index (χ0n) is 12.0. The molecule has 1 rings (SSSR count). The van der Waals surface area contributed by atoms with Gasteiger partial charge in [0, 0.05) is 24.5 Å². The average Bonchev–Trinajstić information content (AvgIpc) is 2.38. The lowest BCUT2D eigenvalue weighted by Gasteiger charge is -2.17. The normalized spacial score (nSPS) is 10.7. The van der Waals surface area contributed by atoms with E-state index in [-0.39, 0.29) is 16.9 Å². The van der Waals surface area contributed by atoms with E-state index in [1.807, 2.05) is 0 Å². The van der Waals surface area contributed by atoms with Gasteiger partial charge in [0.2, 0.25) is 0 Å². The zero-order chi connectivity index (χ0) is 14.3. The minimum atomic E-state index is -0.305. The average molecular weight is 265 g/mol. The van der Waals surface area contributed by atoms with Crippen LogP contribution in [0.3, 0.4) is 0 Å². The molecule has 0 aliphatic heterocycles. The number of aryl methyl sites for hydroxylation is 1. The quantitative estimate of drug-likeness (QED) is 0.727. The van der Waals surface area contributed by atoms with Gasteiger partial charge in [-0.25, -0.2) is 0 Å². The van der Waals surface area contributed by atoms with Crippen molar-refractivity contribution in [1.29, 1.82) is 0 Å². The predicted molar refractivity (Wildman–Crippen MR) is 76.5 cm³/mol. The molecule has 0 fully saturated rings. The molecule has 0 aromatic carbocycles. The number of hydrogen-bond acceptors (Lipinski definition) is 3. The Morgan fingerprint density at radius 1 is 1.37 bits per heavy atom. The van der Waals surface area contributed by atoms with Crippen LogP contribution < -0.4 is 10.7 Å². The van der Waals surface area contributed by atoms with Crippen molar-refractivity contribution < 1.29 is 4.79 Å². The van der Waals surface area contributed by atoms with Crippen molar-refractivity contribution in [3.8, 4) is 0 Å². The summed E-state index contributed by atoms with van der Waals surface area (Å²) < 4.78 is 0. The highest BCUT2D eigenvalue weighted by Gasteiger charge is 2.09. The van der Waals surface area contributed by atoms with Crippen LogP contribution in [0.2, 0.25) is 0 Å². The maximum atomic E-state index is 11.8. The number of H-pyrrole nitrogens is 1. The number of rotatable bonds is 7. The van der Waals surface area contributed by atoms with Crippen molar-refractivity contribution in [2.45, 2.75) is 27.2 Å². The van der Waals surface area contributed by atoms with Crippen LogP contribution in [0, 0.1) is 6.92 Å². The second-order valence-corrected chi connectivity index (χ2v) is 4.53. The Kier molecular flexibility index (Phi) is 6.29. The first kappa shape index (κ1) is 15.4. The van der Waals surface area contributed by atoms with Crippen LogP contribution in [0.5, 0.6) is 0 Å². The van der Waals surface area contributed by atoms with Crippen molar-refractivity contribution in [3.63, 3.8) is 0 Å². The van der Waals surface area contributed by atoms with Crippen LogP contribution in [0.15, 0.2) is 17.1 Å². The maximum absolute atomic E-state index is 11.8. The SMILES string of the molecule is CCN(CC)CCCNC(=O)c1c[nH]c(C)cc1=O. The van der Waals surface area contributed by atoms with E-state index in [2.05, 4.69) is 29.0 Å². The van der Waals surface area contributed by atoms with E-state index in [0.29, 0.717) is 6.54 Å². The molecule has 0 spiro atoms. The van der Waals surface area contributed by atoms with Gasteiger partial charge in [-0.3, -0.25) is 9.59 Å². The number of carbonyl (C=O) groups is 1. The molecule has 1 heterocycles. The fraction of sp³-hybridized carbons (Fsp3) is 0.571. The predicted octanol–water partition coefficient (Wildman–Crippen LogP) is 1.15.